The summed E-state index contributed by atoms with van der Waals surface area (Å²) in [4.78, 5) is 0.0715. The van der Waals surface area contributed by atoms with Crippen LogP contribution in [0.1, 0.15) is 24.8 Å². The zero-order valence-electron chi connectivity index (χ0n) is 11.4. The Morgan fingerprint density at radius 3 is 2.50 bits per heavy atom. The van der Waals surface area contributed by atoms with Gasteiger partial charge in [0.1, 0.15) is 0 Å². The second-order valence-electron chi connectivity index (χ2n) is 5.28. The van der Waals surface area contributed by atoms with E-state index in [-0.39, 0.29) is 17.4 Å². The Hall–Kier alpha value is -0.950. The minimum Gasteiger partial charge on any atom is -0.393 e. The Morgan fingerprint density at radius 2 is 1.95 bits per heavy atom. The smallest absolute Gasteiger partial charge is 0.297 e. The fourth-order valence-corrected chi connectivity index (χ4v) is 3.40. The first-order valence-corrected chi connectivity index (χ1v) is 8.13. The number of benzene rings is 1. The number of hydrogen-bond acceptors (Lipinski definition) is 5. The van der Waals surface area contributed by atoms with Crippen LogP contribution in [0.25, 0.3) is 0 Å². The molecule has 0 radical (unpaired) electrons. The molecule has 5 nitrogen and oxygen atoms in total. The van der Waals surface area contributed by atoms with Gasteiger partial charge in [0, 0.05) is 5.92 Å². The molecule has 0 heterocycles. The van der Waals surface area contributed by atoms with Crippen molar-refractivity contribution in [2.24, 2.45) is 5.92 Å². The second kappa shape index (κ2) is 6.22. The van der Waals surface area contributed by atoms with Gasteiger partial charge in [-0.05, 0) is 31.9 Å². The molecule has 2 rings (SSSR count). The molecule has 1 saturated carbocycles. The molecule has 0 saturated heterocycles. The van der Waals surface area contributed by atoms with Crippen molar-refractivity contribution >= 4 is 10.1 Å². The van der Waals surface area contributed by atoms with E-state index >= 15 is 0 Å². The number of aryl methyl sites for hydroxylation is 1. The van der Waals surface area contributed by atoms with Gasteiger partial charge >= 0.3 is 0 Å². The fraction of sp³-hybridized carbons (Fsp3) is 0.571. The van der Waals surface area contributed by atoms with Gasteiger partial charge in [-0.2, -0.15) is 8.42 Å². The molecule has 3 unspecified atom stereocenters. The minimum atomic E-state index is -3.86. The van der Waals surface area contributed by atoms with Gasteiger partial charge in [-0.1, -0.05) is 24.1 Å². The lowest BCUT2D eigenvalue weighted by Crippen LogP contribution is -2.32. The van der Waals surface area contributed by atoms with Gasteiger partial charge in [-0.3, -0.25) is 4.18 Å². The Balaban J connectivity index is 1.97. The molecule has 0 aromatic heterocycles. The van der Waals surface area contributed by atoms with Crippen LogP contribution in [0.15, 0.2) is 29.2 Å². The zero-order chi connectivity index (χ0) is 14.8. The monoisotopic (exact) mass is 300 g/mol. The molecule has 112 valence electrons. The third-order valence-electron chi connectivity index (χ3n) is 3.73. The van der Waals surface area contributed by atoms with E-state index in [2.05, 4.69) is 0 Å². The Labute approximate surface area is 119 Å². The molecule has 20 heavy (non-hydrogen) atoms. The largest absolute Gasteiger partial charge is 0.393 e. The molecular formula is C14H20O5S. The SMILES string of the molecule is Cc1ccc(S(=O)(=O)OCC(O)C2CCCC2O)cc1. The first kappa shape index (κ1) is 15.4. The van der Waals surface area contributed by atoms with Gasteiger partial charge in [0.25, 0.3) is 10.1 Å². The highest BCUT2D eigenvalue weighted by molar-refractivity contribution is 7.86. The molecule has 1 fully saturated rings. The molecule has 3 atom stereocenters. The molecule has 0 aliphatic heterocycles. The van der Waals surface area contributed by atoms with E-state index in [0.29, 0.717) is 12.8 Å². The van der Waals surface area contributed by atoms with Crippen LogP contribution >= 0.6 is 0 Å². The predicted molar refractivity (Wildman–Crippen MR) is 73.7 cm³/mol. The van der Waals surface area contributed by atoms with E-state index in [9.17, 15) is 18.6 Å². The maximum atomic E-state index is 11.9. The molecule has 1 aromatic rings. The topological polar surface area (TPSA) is 83.8 Å². The van der Waals surface area contributed by atoms with Crippen molar-refractivity contribution < 1.29 is 22.8 Å². The lowest BCUT2D eigenvalue weighted by Gasteiger charge is -2.20. The van der Waals surface area contributed by atoms with Gasteiger partial charge in [-0.15, -0.1) is 0 Å². The number of aliphatic hydroxyl groups excluding tert-OH is 2. The normalized spacial score (nSPS) is 24.8. The lowest BCUT2D eigenvalue weighted by atomic mass is 9.99. The number of aliphatic hydroxyl groups is 2. The zero-order valence-corrected chi connectivity index (χ0v) is 12.2. The third-order valence-corrected chi connectivity index (χ3v) is 5.03. The van der Waals surface area contributed by atoms with Crippen LogP contribution in [0.5, 0.6) is 0 Å². The molecule has 2 N–H and O–H groups in total. The Morgan fingerprint density at radius 1 is 1.30 bits per heavy atom. The van der Waals surface area contributed by atoms with Crippen molar-refractivity contribution in [1.29, 1.82) is 0 Å². The summed E-state index contributed by atoms with van der Waals surface area (Å²) >= 11 is 0. The number of hydrogen-bond donors (Lipinski definition) is 2. The Bertz CT molecular complexity index is 537. The average Bonchev–Trinajstić information content (AvgIpc) is 2.83. The standard InChI is InChI=1S/C14H20O5S/c1-10-5-7-11(8-6-10)20(17,18)19-9-14(16)12-3-2-4-13(12)15/h5-8,12-16H,2-4,9H2,1H3. The highest BCUT2D eigenvalue weighted by Crippen LogP contribution is 2.29. The molecular weight excluding hydrogens is 280 g/mol. The summed E-state index contributed by atoms with van der Waals surface area (Å²) in [5, 5.41) is 19.6. The second-order valence-corrected chi connectivity index (χ2v) is 6.90. The first-order chi connectivity index (χ1) is 9.40. The molecule has 1 aromatic carbocycles. The van der Waals surface area contributed by atoms with Gasteiger partial charge in [0.2, 0.25) is 0 Å². The van der Waals surface area contributed by atoms with E-state index in [1.165, 1.54) is 12.1 Å². The maximum absolute atomic E-state index is 11.9. The summed E-state index contributed by atoms with van der Waals surface area (Å²) in [5.41, 5.74) is 0.957. The third kappa shape index (κ3) is 3.58. The van der Waals surface area contributed by atoms with E-state index in [0.717, 1.165) is 12.0 Å². The van der Waals surface area contributed by atoms with Gasteiger partial charge in [-0.25, -0.2) is 0 Å². The van der Waals surface area contributed by atoms with Crippen molar-refractivity contribution in [3.63, 3.8) is 0 Å². The average molecular weight is 300 g/mol. The van der Waals surface area contributed by atoms with Crippen LogP contribution < -0.4 is 0 Å². The molecule has 0 spiro atoms. The summed E-state index contributed by atoms with van der Waals surface area (Å²) in [7, 11) is -3.86. The highest BCUT2D eigenvalue weighted by Gasteiger charge is 2.32. The van der Waals surface area contributed by atoms with Crippen molar-refractivity contribution in [2.75, 3.05) is 6.61 Å². The van der Waals surface area contributed by atoms with Gasteiger partial charge in [0.15, 0.2) is 0 Å². The highest BCUT2D eigenvalue weighted by atomic mass is 32.2. The van der Waals surface area contributed by atoms with Crippen LogP contribution in [0.3, 0.4) is 0 Å². The first-order valence-electron chi connectivity index (χ1n) is 6.72. The summed E-state index contributed by atoms with van der Waals surface area (Å²) in [6.45, 7) is 1.54. The van der Waals surface area contributed by atoms with Crippen molar-refractivity contribution in [3.05, 3.63) is 29.8 Å². The number of rotatable bonds is 5. The van der Waals surface area contributed by atoms with E-state index < -0.39 is 22.3 Å². The van der Waals surface area contributed by atoms with Crippen LogP contribution in [-0.4, -0.2) is 37.4 Å². The van der Waals surface area contributed by atoms with Crippen molar-refractivity contribution in [3.8, 4) is 0 Å². The molecule has 1 aliphatic rings. The van der Waals surface area contributed by atoms with Crippen LogP contribution in [0.4, 0.5) is 0 Å². The molecule has 0 bridgehead atoms. The molecule has 6 heteroatoms. The van der Waals surface area contributed by atoms with Gasteiger partial charge < -0.3 is 10.2 Å². The van der Waals surface area contributed by atoms with E-state index in [1.807, 2.05) is 6.92 Å². The minimum absolute atomic E-state index is 0.0715. The van der Waals surface area contributed by atoms with Crippen LogP contribution in [0.2, 0.25) is 0 Å². The van der Waals surface area contributed by atoms with Crippen molar-refractivity contribution in [1.82, 2.24) is 0 Å². The summed E-state index contributed by atoms with van der Waals surface area (Å²) < 4.78 is 28.8. The van der Waals surface area contributed by atoms with E-state index in [4.69, 9.17) is 4.18 Å². The quantitative estimate of drug-likeness (QED) is 0.799. The predicted octanol–water partition coefficient (Wildman–Crippen LogP) is 1.22. The van der Waals surface area contributed by atoms with Crippen LogP contribution in [-0.2, 0) is 14.3 Å². The maximum Gasteiger partial charge on any atom is 0.297 e. The summed E-state index contributed by atoms with van der Waals surface area (Å²) in [6, 6.07) is 6.32. The molecule has 1 aliphatic carbocycles. The van der Waals surface area contributed by atoms with Gasteiger partial charge in [0.05, 0.1) is 23.7 Å². The lowest BCUT2D eigenvalue weighted by molar-refractivity contribution is 0.00644. The molecule has 0 amide bonds. The fourth-order valence-electron chi connectivity index (χ4n) is 2.47. The van der Waals surface area contributed by atoms with Crippen LogP contribution in [0, 0.1) is 12.8 Å². The summed E-state index contributed by atoms with van der Waals surface area (Å²) in [5.74, 6) is -0.303. The van der Waals surface area contributed by atoms with Crippen molar-refractivity contribution in [2.45, 2.75) is 43.3 Å². The summed E-state index contributed by atoms with van der Waals surface area (Å²) in [6.07, 6.45) is 0.638. The van der Waals surface area contributed by atoms with E-state index in [1.54, 1.807) is 12.1 Å². The Kier molecular flexibility index (Phi) is 4.80.